The quantitative estimate of drug-likeness (QED) is 0.0303. The van der Waals surface area contributed by atoms with Crippen LogP contribution in [0, 0.1) is 0 Å². The molecule has 3 unspecified atom stereocenters. The summed E-state index contributed by atoms with van der Waals surface area (Å²) in [7, 11) is 1.24. The molecular formula is C38H75N2O6P. The van der Waals surface area contributed by atoms with Gasteiger partial charge in [0, 0.05) is 6.42 Å². The van der Waals surface area contributed by atoms with Gasteiger partial charge in [-0.3, -0.25) is 9.36 Å². The Hall–Kier alpha value is -1.02. The van der Waals surface area contributed by atoms with E-state index in [2.05, 4.69) is 31.3 Å². The van der Waals surface area contributed by atoms with Crippen LogP contribution >= 0.6 is 7.82 Å². The second-order valence-corrected chi connectivity index (χ2v) is 15.7. The smallest absolute Gasteiger partial charge is 0.268 e. The zero-order chi connectivity index (χ0) is 35.1. The predicted molar refractivity (Wildman–Crippen MR) is 196 cm³/mol. The van der Waals surface area contributed by atoms with Crippen LogP contribution in [0.4, 0.5) is 0 Å². The summed E-state index contributed by atoms with van der Waals surface area (Å²) >= 11 is 0. The fourth-order valence-corrected chi connectivity index (χ4v) is 6.01. The number of phosphoric acid groups is 1. The van der Waals surface area contributed by atoms with Gasteiger partial charge in [-0.25, -0.2) is 0 Å². The Morgan fingerprint density at radius 1 is 0.723 bits per heavy atom. The molecule has 0 bridgehead atoms. The van der Waals surface area contributed by atoms with Crippen molar-refractivity contribution in [1.82, 2.24) is 5.32 Å². The second kappa shape index (κ2) is 31.0. The Morgan fingerprint density at radius 3 is 1.72 bits per heavy atom. The molecule has 3 atom stereocenters. The third kappa shape index (κ3) is 33.3. The molecular weight excluding hydrogens is 611 g/mol. The van der Waals surface area contributed by atoms with Crippen molar-refractivity contribution in [3.8, 4) is 0 Å². The minimum absolute atomic E-state index is 0.00529. The molecule has 8 nitrogen and oxygen atoms in total. The van der Waals surface area contributed by atoms with Gasteiger partial charge < -0.3 is 28.8 Å². The molecule has 0 heterocycles. The van der Waals surface area contributed by atoms with E-state index in [9.17, 15) is 19.4 Å². The van der Waals surface area contributed by atoms with Crippen LogP contribution in [0.15, 0.2) is 24.3 Å². The molecule has 0 aromatic heterocycles. The third-order valence-corrected chi connectivity index (χ3v) is 9.38. The molecule has 2 N–H and O–H groups in total. The number of rotatable bonds is 34. The van der Waals surface area contributed by atoms with E-state index in [1.54, 1.807) is 6.08 Å². The number of quaternary nitrogens is 1. The van der Waals surface area contributed by atoms with Crippen molar-refractivity contribution in [3.05, 3.63) is 24.3 Å². The topological polar surface area (TPSA) is 108 Å². The van der Waals surface area contributed by atoms with Gasteiger partial charge in [0.2, 0.25) is 5.91 Å². The maximum atomic E-state index is 12.6. The van der Waals surface area contributed by atoms with Gasteiger partial charge in [-0.2, -0.15) is 0 Å². The SMILES string of the molecule is CCCCCCCCCCCCCCC/C=C/CC/C=C/C(O)C(COP(=O)([O-])OCC[N+](C)(C)C)NC(=O)CCCCCCCC. The van der Waals surface area contributed by atoms with Gasteiger partial charge in [0.1, 0.15) is 13.2 Å². The van der Waals surface area contributed by atoms with Crippen LogP contribution in [0.5, 0.6) is 0 Å². The molecule has 0 aliphatic heterocycles. The molecule has 9 heteroatoms. The number of unbranched alkanes of at least 4 members (excludes halogenated alkanes) is 19. The lowest BCUT2D eigenvalue weighted by Crippen LogP contribution is -2.45. The minimum atomic E-state index is -4.58. The van der Waals surface area contributed by atoms with Crippen LogP contribution < -0.4 is 10.2 Å². The van der Waals surface area contributed by atoms with Crippen LogP contribution in [0.25, 0.3) is 0 Å². The summed E-state index contributed by atoms with van der Waals surface area (Å²) in [6, 6.07) is -0.894. The van der Waals surface area contributed by atoms with E-state index in [0.717, 1.165) is 38.5 Å². The fraction of sp³-hybridized carbons (Fsp3) is 0.868. The van der Waals surface area contributed by atoms with E-state index in [1.807, 2.05) is 27.2 Å². The number of nitrogens with zero attached hydrogens (tertiary/aromatic N) is 1. The highest BCUT2D eigenvalue weighted by Gasteiger charge is 2.23. The van der Waals surface area contributed by atoms with Gasteiger partial charge in [-0.15, -0.1) is 0 Å². The Bertz CT molecular complexity index is 829. The van der Waals surface area contributed by atoms with Gasteiger partial charge in [0.25, 0.3) is 7.82 Å². The summed E-state index contributed by atoms with van der Waals surface area (Å²) in [5.74, 6) is -0.218. The van der Waals surface area contributed by atoms with Crippen LogP contribution in [0.2, 0.25) is 0 Å². The number of hydrogen-bond acceptors (Lipinski definition) is 6. The highest BCUT2D eigenvalue weighted by molar-refractivity contribution is 7.45. The second-order valence-electron chi connectivity index (χ2n) is 14.3. The molecule has 0 aromatic carbocycles. The molecule has 0 fully saturated rings. The van der Waals surface area contributed by atoms with Crippen molar-refractivity contribution >= 4 is 13.7 Å². The summed E-state index contributed by atoms with van der Waals surface area (Å²) in [5.41, 5.74) is 0. The van der Waals surface area contributed by atoms with Gasteiger partial charge in [-0.05, 0) is 32.1 Å². The Labute approximate surface area is 290 Å². The number of phosphoric ester groups is 1. The Morgan fingerprint density at radius 2 is 1.19 bits per heavy atom. The largest absolute Gasteiger partial charge is 0.756 e. The first kappa shape index (κ1) is 46.0. The summed E-state index contributed by atoms with van der Waals surface area (Å²) < 4.78 is 23.0. The Kier molecular flexibility index (Phi) is 30.3. The summed E-state index contributed by atoms with van der Waals surface area (Å²) in [4.78, 5) is 24.9. The maximum Gasteiger partial charge on any atom is 0.268 e. The van der Waals surface area contributed by atoms with Gasteiger partial charge in [-0.1, -0.05) is 147 Å². The molecule has 278 valence electrons. The van der Waals surface area contributed by atoms with Crippen molar-refractivity contribution in [2.24, 2.45) is 0 Å². The van der Waals surface area contributed by atoms with E-state index in [1.165, 1.54) is 103 Å². The third-order valence-electron chi connectivity index (χ3n) is 8.41. The number of nitrogens with one attached hydrogen (secondary N) is 1. The van der Waals surface area contributed by atoms with Crippen LogP contribution in [0.3, 0.4) is 0 Å². The van der Waals surface area contributed by atoms with E-state index < -0.39 is 26.6 Å². The van der Waals surface area contributed by atoms with E-state index in [-0.39, 0.29) is 12.5 Å². The highest BCUT2D eigenvalue weighted by atomic mass is 31.2. The molecule has 0 spiro atoms. The molecule has 0 aliphatic carbocycles. The van der Waals surface area contributed by atoms with Gasteiger partial charge >= 0.3 is 0 Å². The molecule has 0 saturated carbocycles. The fourth-order valence-electron chi connectivity index (χ4n) is 5.28. The Balaban J connectivity index is 4.41. The number of allylic oxidation sites excluding steroid dienone is 3. The lowest BCUT2D eigenvalue weighted by atomic mass is 10.0. The number of carbonyl (C=O) groups is 1. The molecule has 0 saturated heterocycles. The first-order valence-electron chi connectivity index (χ1n) is 19.2. The molecule has 0 radical (unpaired) electrons. The van der Waals surface area contributed by atoms with E-state index >= 15 is 0 Å². The van der Waals surface area contributed by atoms with Crippen molar-refractivity contribution in [2.45, 2.75) is 174 Å². The number of hydrogen-bond donors (Lipinski definition) is 2. The normalized spacial score (nSPS) is 15.0. The van der Waals surface area contributed by atoms with Crippen molar-refractivity contribution in [3.63, 3.8) is 0 Å². The van der Waals surface area contributed by atoms with Crippen LogP contribution in [-0.4, -0.2) is 68.5 Å². The zero-order valence-corrected chi connectivity index (χ0v) is 32.1. The minimum Gasteiger partial charge on any atom is -0.756 e. The van der Waals surface area contributed by atoms with Crippen molar-refractivity contribution < 1.29 is 32.9 Å². The molecule has 0 aromatic rings. The first-order chi connectivity index (χ1) is 22.5. The molecule has 47 heavy (non-hydrogen) atoms. The number of amides is 1. The predicted octanol–water partition coefficient (Wildman–Crippen LogP) is 9.16. The molecule has 1 amide bonds. The monoisotopic (exact) mass is 687 g/mol. The summed E-state index contributed by atoms with van der Waals surface area (Å²) in [5, 5.41) is 13.6. The lowest BCUT2D eigenvalue weighted by Gasteiger charge is -2.29. The molecule has 0 aliphatic rings. The highest BCUT2D eigenvalue weighted by Crippen LogP contribution is 2.38. The van der Waals surface area contributed by atoms with E-state index in [0.29, 0.717) is 17.4 Å². The lowest BCUT2D eigenvalue weighted by molar-refractivity contribution is -0.870. The van der Waals surface area contributed by atoms with Crippen LogP contribution in [-0.2, 0) is 18.4 Å². The summed E-state index contributed by atoms with van der Waals surface area (Å²) in [6.07, 6.45) is 34.0. The average Bonchev–Trinajstić information content (AvgIpc) is 3.01. The van der Waals surface area contributed by atoms with Gasteiger partial charge in [0.05, 0.1) is 39.9 Å². The average molecular weight is 687 g/mol. The standard InChI is InChI=1S/C38H75N2O6P/c1-6-8-10-12-14-15-16-17-18-19-20-21-22-23-24-25-26-27-29-31-37(41)36(39-38(42)32-30-28-13-11-9-7-2)35-46-47(43,44)45-34-33-40(3,4)5/h24-25,29,31,36-37,41H,6-23,26-28,30,32-35H2,1-5H3,(H-,39,42,43,44)/b25-24+,31-29+. The zero-order valence-electron chi connectivity index (χ0n) is 31.2. The first-order valence-corrected chi connectivity index (χ1v) is 20.7. The number of aliphatic hydroxyl groups excluding tert-OH is 1. The van der Waals surface area contributed by atoms with Crippen molar-refractivity contribution in [1.29, 1.82) is 0 Å². The number of carbonyl (C=O) groups excluding carboxylic acids is 1. The van der Waals surface area contributed by atoms with E-state index in [4.69, 9.17) is 9.05 Å². The maximum absolute atomic E-state index is 12.6. The molecule has 0 rings (SSSR count). The van der Waals surface area contributed by atoms with Crippen LogP contribution in [0.1, 0.15) is 162 Å². The summed E-state index contributed by atoms with van der Waals surface area (Å²) in [6.45, 7) is 4.54. The van der Waals surface area contributed by atoms with Gasteiger partial charge in [0.15, 0.2) is 0 Å². The van der Waals surface area contributed by atoms with Crippen molar-refractivity contribution in [2.75, 3.05) is 40.9 Å². The number of aliphatic hydroxyl groups is 1. The number of likely N-dealkylation sites (N-methyl/N-ethyl adjacent to an activating group) is 1.